The number of rotatable bonds is 2. The molecule has 0 amide bonds. The summed E-state index contributed by atoms with van der Waals surface area (Å²) in [6, 6.07) is 0. The van der Waals surface area contributed by atoms with Gasteiger partial charge in [0.25, 0.3) is 0 Å². The molecule has 0 bridgehead atoms. The molecule has 0 aromatic heterocycles. The molecule has 0 radical (unpaired) electrons. The second-order valence-corrected chi connectivity index (χ2v) is 4.07. The molecule has 9 heavy (non-hydrogen) atoms. The quantitative estimate of drug-likeness (QED) is 0.484. The van der Waals surface area contributed by atoms with Crippen LogP contribution in [0.1, 0.15) is 0 Å². The minimum Gasteiger partial charge on any atom is -0.280 e. The maximum atomic E-state index is 10.3. The number of halogens is 1. The SMILES string of the molecule is O=C(Cl)C[SH]1C=CC=C1. The first-order chi connectivity index (χ1) is 4.29. The maximum Gasteiger partial charge on any atom is 0.230 e. The molecule has 0 fully saturated rings. The van der Waals surface area contributed by atoms with Crippen molar-refractivity contribution in [3.05, 3.63) is 23.0 Å². The van der Waals surface area contributed by atoms with Crippen LogP contribution in [0.25, 0.3) is 0 Å². The number of carbonyl (C=O) groups is 1. The van der Waals surface area contributed by atoms with E-state index in [1.807, 2.05) is 23.0 Å². The average molecular weight is 163 g/mol. The summed E-state index contributed by atoms with van der Waals surface area (Å²) in [6.45, 7) is 0. The lowest BCUT2D eigenvalue weighted by Crippen LogP contribution is -1.91. The van der Waals surface area contributed by atoms with Gasteiger partial charge in [-0.15, -0.1) is 0 Å². The summed E-state index contributed by atoms with van der Waals surface area (Å²) in [5.41, 5.74) is 0. The third-order valence-electron chi connectivity index (χ3n) is 0.973. The van der Waals surface area contributed by atoms with Crippen LogP contribution in [0.2, 0.25) is 0 Å². The normalized spacial score (nSPS) is 19.0. The van der Waals surface area contributed by atoms with Crippen molar-refractivity contribution in [3.63, 3.8) is 0 Å². The van der Waals surface area contributed by atoms with Gasteiger partial charge in [-0.05, 0) is 22.4 Å². The lowest BCUT2D eigenvalue weighted by atomic mass is 10.6. The van der Waals surface area contributed by atoms with Crippen molar-refractivity contribution in [1.29, 1.82) is 0 Å². The zero-order chi connectivity index (χ0) is 6.69. The zero-order valence-corrected chi connectivity index (χ0v) is 6.40. The number of hydrogen-bond acceptors (Lipinski definition) is 1. The highest BCUT2D eigenvalue weighted by atomic mass is 35.5. The fourth-order valence-electron chi connectivity index (χ4n) is 0.619. The van der Waals surface area contributed by atoms with E-state index in [1.54, 1.807) is 0 Å². The van der Waals surface area contributed by atoms with Gasteiger partial charge in [-0.3, -0.25) is 4.79 Å². The fraction of sp³-hybridized carbons (Fsp3) is 0.167. The lowest BCUT2D eigenvalue weighted by Gasteiger charge is -2.02. The van der Waals surface area contributed by atoms with Gasteiger partial charge in [0.15, 0.2) is 0 Å². The van der Waals surface area contributed by atoms with Crippen LogP contribution in [-0.2, 0) is 4.79 Å². The molecular formula is C6H7ClOS. The third kappa shape index (κ3) is 2.24. The van der Waals surface area contributed by atoms with Crippen LogP contribution < -0.4 is 0 Å². The van der Waals surface area contributed by atoms with Crippen molar-refractivity contribution >= 4 is 27.7 Å². The first-order valence-electron chi connectivity index (χ1n) is 2.58. The topological polar surface area (TPSA) is 17.1 Å². The Kier molecular flexibility index (Phi) is 2.37. The van der Waals surface area contributed by atoms with Gasteiger partial charge in [0, 0.05) is 0 Å². The Morgan fingerprint density at radius 1 is 1.44 bits per heavy atom. The van der Waals surface area contributed by atoms with E-state index in [0.717, 1.165) is 0 Å². The van der Waals surface area contributed by atoms with Crippen LogP contribution in [0.5, 0.6) is 0 Å². The van der Waals surface area contributed by atoms with Crippen molar-refractivity contribution in [2.24, 2.45) is 0 Å². The third-order valence-corrected chi connectivity index (χ3v) is 3.06. The molecule has 0 N–H and O–H groups in total. The summed E-state index contributed by atoms with van der Waals surface area (Å²) >= 11 is 5.17. The van der Waals surface area contributed by atoms with E-state index in [0.29, 0.717) is 5.75 Å². The van der Waals surface area contributed by atoms with Gasteiger partial charge in [-0.1, -0.05) is 12.2 Å². The summed E-state index contributed by atoms with van der Waals surface area (Å²) in [4.78, 5) is 10.3. The van der Waals surface area contributed by atoms with Crippen molar-refractivity contribution in [1.82, 2.24) is 0 Å². The molecule has 0 unspecified atom stereocenters. The molecule has 0 spiro atoms. The Morgan fingerprint density at radius 3 is 2.44 bits per heavy atom. The van der Waals surface area contributed by atoms with E-state index in [-0.39, 0.29) is 16.1 Å². The van der Waals surface area contributed by atoms with E-state index in [9.17, 15) is 4.79 Å². The van der Waals surface area contributed by atoms with Crippen molar-refractivity contribution in [3.8, 4) is 0 Å². The Balaban J connectivity index is 2.37. The van der Waals surface area contributed by atoms with E-state index < -0.39 is 0 Å². The molecule has 0 aromatic rings. The number of hydrogen-bond donors (Lipinski definition) is 1. The summed E-state index contributed by atoms with van der Waals surface area (Å²) in [5.74, 6) is 0.490. The van der Waals surface area contributed by atoms with E-state index in [1.165, 1.54) is 0 Å². The monoisotopic (exact) mass is 162 g/mol. The Morgan fingerprint density at radius 2 is 2.00 bits per heavy atom. The highest BCUT2D eigenvalue weighted by molar-refractivity contribution is 8.22. The van der Waals surface area contributed by atoms with Gasteiger partial charge in [0.05, 0.1) is 5.75 Å². The van der Waals surface area contributed by atoms with Crippen molar-refractivity contribution in [2.75, 3.05) is 5.75 Å². The molecule has 3 heteroatoms. The van der Waals surface area contributed by atoms with Crippen LogP contribution in [0, 0.1) is 0 Å². The minimum atomic E-state index is -0.327. The van der Waals surface area contributed by atoms with Crippen LogP contribution >= 0.6 is 22.5 Å². The lowest BCUT2D eigenvalue weighted by molar-refractivity contribution is -0.109. The molecule has 0 saturated carbocycles. The van der Waals surface area contributed by atoms with Gasteiger partial charge in [0.2, 0.25) is 5.24 Å². The van der Waals surface area contributed by atoms with Gasteiger partial charge in [-0.25, -0.2) is 10.9 Å². The minimum absolute atomic E-state index is 0.239. The molecule has 0 aliphatic carbocycles. The van der Waals surface area contributed by atoms with Crippen molar-refractivity contribution < 1.29 is 4.79 Å². The Hall–Kier alpha value is -0.210. The summed E-state index contributed by atoms with van der Waals surface area (Å²) in [6.07, 6.45) is 3.90. The van der Waals surface area contributed by atoms with Crippen LogP contribution in [0.4, 0.5) is 0 Å². The van der Waals surface area contributed by atoms with Gasteiger partial charge in [-0.2, -0.15) is 0 Å². The molecule has 0 aromatic carbocycles. The molecule has 1 aliphatic rings. The molecule has 0 saturated heterocycles. The zero-order valence-electron chi connectivity index (χ0n) is 4.75. The molecule has 50 valence electrons. The Labute approximate surface area is 61.7 Å². The standard InChI is InChI=1S/C6H7ClOS/c7-6(8)5-9-3-1-2-4-9/h1-4,9H,5H2. The number of allylic oxidation sites excluding steroid dienone is 2. The second kappa shape index (κ2) is 3.08. The van der Waals surface area contributed by atoms with Gasteiger partial charge in [0.1, 0.15) is 0 Å². The number of carbonyl (C=O) groups excluding carboxylic acids is 1. The molecule has 0 atom stereocenters. The predicted molar refractivity (Wildman–Crippen MR) is 43.0 cm³/mol. The summed E-state index contributed by atoms with van der Waals surface area (Å²) in [7, 11) is -0.327. The molecule has 1 rings (SSSR count). The molecule has 1 heterocycles. The highest BCUT2D eigenvalue weighted by Crippen LogP contribution is 2.32. The molecular weight excluding hydrogens is 156 g/mol. The van der Waals surface area contributed by atoms with Gasteiger partial charge >= 0.3 is 0 Å². The number of thiol groups is 1. The predicted octanol–water partition coefficient (Wildman–Crippen LogP) is 1.79. The maximum absolute atomic E-state index is 10.3. The summed E-state index contributed by atoms with van der Waals surface area (Å²) < 4.78 is 0. The average Bonchev–Trinajstić information content (AvgIpc) is 2.15. The van der Waals surface area contributed by atoms with E-state index >= 15 is 0 Å². The first-order valence-corrected chi connectivity index (χ1v) is 4.62. The molecule has 1 aliphatic heterocycles. The Bertz CT molecular complexity index is 162. The second-order valence-electron chi connectivity index (χ2n) is 1.71. The van der Waals surface area contributed by atoms with Crippen molar-refractivity contribution in [2.45, 2.75) is 0 Å². The fourth-order valence-corrected chi connectivity index (χ4v) is 2.27. The summed E-state index contributed by atoms with van der Waals surface area (Å²) in [5, 5.41) is 3.81. The highest BCUT2D eigenvalue weighted by Gasteiger charge is 2.02. The first kappa shape index (κ1) is 6.90. The van der Waals surface area contributed by atoms with E-state index in [4.69, 9.17) is 11.6 Å². The largest absolute Gasteiger partial charge is 0.280 e. The van der Waals surface area contributed by atoms with Crippen LogP contribution in [0.3, 0.4) is 0 Å². The van der Waals surface area contributed by atoms with Crippen LogP contribution in [0.15, 0.2) is 23.0 Å². The molecule has 1 nitrogen and oxygen atoms in total. The van der Waals surface area contributed by atoms with Crippen LogP contribution in [-0.4, -0.2) is 11.0 Å². The smallest absolute Gasteiger partial charge is 0.230 e. The van der Waals surface area contributed by atoms with E-state index in [2.05, 4.69) is 0 Å². The van der Waals surface area contributed by atoms with Gasteiger partial charge < -0.3 is 0 Å².